The summed E-state index contributed by atoms with van der Waals surface area (Å²) in [7, 11) is 3.97. The van der Waals surface area contributed by atoms with Crippen LogP contribution in [0.2, 0.25) is 0 Å². The fourth-order valence-electron chi connectivity index (χ4n) is 3.31. The van der Waals surface area contributed by atoms with Gasteiger partial charge < -0.3 is 19.2 Å². The van der Waals surface area contributed by atoms with Crippen LogP contribution in [-0.2, 0) is 15.1 Å². The highest BCUT2D eigenvalue weighted by Gasteiger charge is 2.43. The van der Waals surface area contributed by atoms with E-state index in [1.807, 2.05) is 35.7 Å². The first-order valence-corrected chi connectivity index (χ1v) is 9.82. The van der Waals surface area contributed by atoms with Gasteiger partial charge in [-0.2, -0.15) is 0 Å². The molecule has 0 radical (unpaired) electrons. The van der Waals surface area contributed by atoms with Crippen molar-refractivity contribution in [3.05, 3.63) is 58.3 Å². The van der Waals surface area contributed by atoms with Gasteiger partial charge in [-0.1, -0.05) is 36.4 Å². The van der Waals surface area contributed by atoms with Crippen molar-refractivity contribution in [1.29, 1.82) is 0 Å². The van der Waals surface area contributed by atoms with E-state index in [1.165, 1.54) is 11.3 Å². The molecule has 3 rings (SSSR count). The van der Waals surface area contributed by atoms with Crippen LogP contribution in [0.1, 0.15) is 10.4 Å². The number of hydrogen-bond acceptors (Lipinski definition) is 4. The Bertz CT molecular complexity index is 714. The van der Waals surface area contributed by atoms with Crippen molar-refractivity contribution in [3.63, 3.8) is 0 Å². The molecule has 1 fully saturated rings. The number of aliphatic hydroxyl groups is 1. The summed E-state index contributed by atoms with van der Waals surface area (Å²) in [5.41, 5.74) is -1.04. The molecule has 1 saturated heterocycles. The number of nitrogens with zero attached hydrogens (tertiary/aromatic N) is 2. The van der Waals surface area contributed by atoms with Crippen LogP contribution in [0.15, 0.2) is 47.8 Å². The van der Waals surface area contributed by atoms with Gasteiger partial charge in [-0.15, -0.1) is 11.3 Å². The molecule has 26 heavy (non-hydrogen) atoms. The maximum atomic E-state index is 13.3. The van der Waals surface area contributed by atoms with E-state index < -0.39 is 5.60 Å². The summed E-state index contributed by atoms with van der Waals surface area (Å²) in [6.45, 7) is 4.87. The standard InChI is InChI=1S/C20H27N2O3S/c1-21(10-11-22(2)12-14-25-15-13-22)19(23)20(24,18-9-6-16-26-18)17-7-4-3-5-8-17/h3-9,16,24H,10-15H2,1-2H3/q+1. The van der Waals surface area contributed by atoms with Crippen LogP contribution in [0.5, 0.6) is 0 Å². The summed E-state index contributed by atoms with van der Waals surface area (Å²) in [5, 5.41) is 13.4. The Morgan fingerprint density at radius 3 is 2.54 bits per heavy atom. The second-order valence-electron chi connectivity index (χ2n) is 7.18. The van der Waals surface area contributed by atoms with Crippen LogP contribution < -0.4 is 0 Å². The van der Waals surface area contributed by atoms with Crippen molar-refractivity contribution < 1.29 is 19.1 Å². The fourth-order valence-corrected chi connectivity index (χ4v) is 4.15. The Labute approximate surface area is 159 Å². The molecular formula is C20H27N2O3S+. The van der Waals surface area contributed by atoms with Gasteiger partial charge in [0.1, 0.15) is 13.1 Å². The topological polar surface area (TPSA) is 49.8 Å². The van der Waals surface area contributed by atoms with Gasteiger partial charge in [0.25, 0.3) is 5.91 Å². The highest BCUT2D eigenvalue weighted by Crippen LogP contribution is 2.34. The van der Waals surface area contributed by atoms with Crippen molar-refractivity contribution in [2.24, 2.45) is 0 Å². The minimum Gasteiger partial charge on any atom is -0.371 e. The molecule has 140 valence electrons. The van der Waals surface area contributed by atoms with Crippen molar-refractivity contribution in [3.8, 4) is 0 Å². The lowest BCUT2D eigenvalue weighted by Gasteiger charge is -2.39. The van der Waals surface area contributed by atoms with Crippen LogP contribution in [0.4, 0.5) is 0 Å². The minimum atomic E-state index is -1.65. The normalized spacial score (nSPS) is 18.9. The van der Waals surface area contributed by atoms with E-state index in [4.69, 9.17) is 4.74 Å². The quantitative estimate of drug-likeness (QED) is 0.785. The van der Waals surface area contributed by atoms with Gasteiger partial charge in [0.15, 0.2) is 0 Å². The van der Waals surface area contributed by atoms with E-state index in [2.05, 4.69) is 7.05 Å². The van der Waals surface area contributed by atoms with Crippen LogP contribution >= 0.6 is 11.3 Å². The predicted molar refractivity (Wildman–Crippen MR) is 103 cm³/mol. The molecule has 1 aliphatic rings. The first kappa shape index (κ1) is 19.0. The van der Waals surface area contributed by atoms with Gasteiger partial charge in [-0.25, -0.2) is 0 Å². The smallest absolute Gasteiger partial charge is 0.264 e. The van der Waals surface area contributed by atoms with Gasteiger partial charge in [0.05, 0.1) is 38.2 Å². The van der Waals surface area contributed by atoms with Crippen LogP contribution in [0.25, 0.3) is 0 Å². The highest BCUT2D eigenvalue weighted by molar-refractivity contribution is 7.10. The molecule has 6 heteroatoms. The molecule has 5 nitrogen and oxygen atoms in total. The minimum absolute atomic E-state index is 0.286. The second kappa shape index (κ2) is 7.88. The molecule has 0 saturated carbocycles. The van der Waals surface area contributed by atoms with Crippen LogP contribution in [0, 0.1) is 0 Å². The van der Waals surface area contributed by atoms with Crippen molar-refractivity contribution in [1.82, 2.24) is 4.90 Å². The molecule has 1 amide bonds. The molecule has 1 atom stereocenters. The molecule has 0 bridgehead atoms. The first-order valence-electron chi connectivity index (χ1n) is 8.94. The number of carbonyl (C=O) groups is 1. The molecule has 0 spiro atoms. The van der Waals surface area contributed by atoms with E-state index >= 15 is 0 Å². The molecule has 1 aromatic heterocycles. The maximum Gasteiger partial charge on any atom is 0.264 e. The van der Waals surface area contributed by atoms with Crippen LogP contribution in [0.3, 0.4) is 0 Å². The Balaban J connectivity index is 1.79. The number of ether oxygens (including phenoxy) is 1. The van der Waals surface area contributed by atoms with Crippen LogP contribution in [-0.4, -0.2) is 73.9 Å². The third kappa shape index (κ3) is 3.83. The highest BCUT2D eigenvalue weighted by atomic mass is 32.1. The maximum absolute atomic E-state index is 13.3. The lowest BCUT2D eigenvalue weighted by Crippen LogP contribution is -2.56. The number of quaternary nitrogens is 1. The Kier molecular flexibility index (Phi) is 5.77. The van der Waals surface area contributed by atoms with Crippen molar-refractivity contribution in [2.75, 3.05) is 53.5 Å². The predicted octanol–water partition coefficient (Wildman–Crippen LogP) is 1.92. The number of amides is 1. The summed E-state index contributed by atoms with van der Waals surface area (Å²) in [4.78, 5) is 15.6. The first-order chi connectivity index (χ1) is 12.5. The molecular weight excluding hydrogens is 348 g/mol. The third-order valence-corrected chi connectivity index (χ3v) is 6.23. The van der Waals surface area contributed by atoms with Gasteiger partial charge in [0, 0.05) is 7.05 Å². The molecule has 2 heterocycles. The van der Waals surface area contributed by atoms with Gasteiger partial charge in [-0.05, 0) is 17.0 Å². The van der Waals surface area contributed by atoms with E-state index in [1.54, 1.807) is 24.1 Å². The number of hydrogen-bond donors (Lipinski definition) is 1. The lowest BCUT2D eigenvalue weighted by atomic mass is 9.90. The van der Waals surface area contributed by atoms with E-state index in [0.29, 0.717) is 17.0 Å². The average molecular weight is 376 g/mol. The Morgan fingerprint density at radius 1 is 1.23 bits per heavy atom. The number of carbonyl (C=O) groups excluding carboxylic acids is 1. The zero-order chi connectivity index (χ0) is 18.6. The number of morpholine rings is 1. The summed E-state index contributed by atoms with van der Waals surface area (Å²) >= 11 is 1.40. The number of benzene rings is 1. The monoisotopic (exact) mass is 375 g/mol. The molecule has 1 unspecified atom stereocenters. The molecule has 1 N–H and O–H groups in total. The van der Waals surface area contributed by atoms with E-state index in [-0.39, 0.29) is 5.91 Å². The van der Waals surface area contributed by atoms with Crippen molar-refractivity contribution in [2.45, 2.75) is 5.60 Å². The molecule has 2 aromatic rings. The van der Waals surface area contributed by atoms with E-state index in [9.17, 15) is 9.90 Å². The average Bonchev–Trinajstić information content (AvgIpc) is 3.21. The molecule has 1 aliphatic heterocycles. The molecule has 0 aliphatic carbocycles. The van der Waals surface area contributed by atoms with E-state index in [0.717, 1.165) is 37.3 Å². The summed E-state index contributed by atoms with van der Waals surface area (Å²) < 4.78 is 6.33. The second-order valence-corrected chi connectivity index (χ2v) is 8.13. The zero-order valence-corrected chi connectivity index (χ0v) is 16.2. The number of rotatable bonds is 6. The van der Waals surface area contributed by atoms with Gasteiger partial charge in [0.2, 0.25) is 5.60 Å². The zero-order valence-electron chi connectivity index (χ0n) is 15.4. The number of likely N-dealkylation sites (N-methyl/N-ethyl adjacent to an activating group) is 2. The summed E-state index contributed by atoms with van der Waals surface area (Å²) in [6.07, 6.45) is 0. The summed E-state index contributed by atoms with van der Waals surface area (Å²) in [6, 6.07) is 12.9. The molecule has 1 aromatic carbocycles. The Hall–Kier alpha value is -1.73. The number of thiophene rings is 1. The lowest BCUT2D eigenvalue weighted by molar-refractivity contribution is -0.916. The SMILES string of the molecule is CN(CC[N+]1(C)CCOCC1)C(=O)C(O)(c1ccccc1)c1cccs1. The Morgan fingerprint density at radius 2 is 1.92 bits per heavy atom. The van der Waals surface area contributed by atoms with Gasteiger partial charge in [-0.3, -0.25) is 4.79 Å². The fraction of sp³-hybridized carbons (Fsp3) is 0.450. The summed E-state index contributed by atoms with van der Waals surface area (Å²) in [5.74, 6) is -0.286. The largest absolute Gasteiger partial charge is 0.371 e. The van der Waals surface area contributed by atoms with Gasteiger partial charge >= 0.3 is 0 Å². The third-order valence-electron chi connectivity index (χ3n) is 5.25. The van der Waals surface area contributed by atoms with Crippen molar-refractivity contribution >= 4 is 17.2 Å².